The van der Waals surface area contributed by atoms with Crippen LogP contribution in [0, 0.1) is 5.92 Å². The molecule has 0 aliphatic carbocycles. The van der Waals surface area contributed by atoms with Crippen molar-refractivity contribution in [2.45, 2.75) is 12.6 Å². The van der Waals surface area contributed by atoms with Crippen molar-refractivity contribution in [1.29, 1.82) is 0 Å². The highest BCUT2D eigenvalue weighted by atomic mass is 19.4. The summed E-state index contributed by atoms with van der Waals surface area (Å²) in [7, 11) is 1.40. The van der Waals surface area contributed by atoms with E-state index in [1.54, 1.807) is 12.1 Å². The number of fused-ring (bicyclic) bond motifs is 1. The second-order valence-electron chi connectivity index (χ2n) is 5.06. The average molecular weight is 298 g/mol. The van der Waals surface area contributed by atoms with Crippen LogP contribution in [0.3, 0.4) is 0 Å². The van der Waals surface area contributed by atoms with Crippen molar-refractivity contribution < 1.29 is 18.0 Å². The molecule has 1 aliphatic rings. The summed E-state index contributed by atoms with van der Waals surface area (Å²) in [5, 5.41) is 3.04. The zero-order valence-corrected chi connectivity index (χ0v) is 11.7. The van der Waals surface area contributed by atoms with Crippen LogP contribution in [0.15, 0.2) is 30.9 Å². The standard InChI is InChI=1S/C15H17F3N2O/c1-3-7-19-9-11-8-10-5-4-6-12(15(16,17)18)13(10)20(2)14(11)21/h3-6,11,19H,1,7-9H2,2H3. The van der Waals surface area contributed by atoms with E-state index in [2.05, 4.69) is 11.9 Å². The maximum Gasteiger partial charge on any atom is 0.418 e. The molecule has 0 spiro atoms. The molecule has 1 N–H and O–H groups in total. The molecular weight excluding hydrogens is 281 g/mol. The summed E-state index contributed by atoms with van der Waals surface area (Å²) in [6.45, 7) is 4.55. The molecular formula is C15H17F3N2O. The van der Waals surface area contributed by atoms with E-state index in [0.717, 1.165) is 11.0 Å². The third kappa shape index (κ3) is 3.10. The first kappa shape index (κ1) is 15.6. The second-order valence-corrected chi connectivity index (χ2v) is 5.06. The largest absolute Gasteiger partial charge is 0.418 e. The molecule has 1 aliphatic heterocycles. The molecule has 3 nitrogen and oxygen atoms in total. The Morgan fingerprint density at radius 1 is 1.48 bits per heavy atom. The minimum absolute atomic E-state index is 0.0185. The smallest absolute Gasteiger partial charge is 0.314 e. The molecule has 0 saturated carbocycles. The highest BCUT2D eigenvalue weighted by molar-refractivity contribution is 5.98. The van der Waals surface area contributed by atoms with E-state index >= 15 is 0 Å². The Kier molecular flexibility index (Phi) is 4.37. The predicted molar refractivity (Wildman–Crippen MR) is 75.1 cm³/mol. The van der Waals surface area contributed by atoms with Crippen LogP contribution in [-0.4, -0.2) is 26.0 Å². The van der Waals surface area contributed by atoms with Crippen molar-refractivity contribution in [2.75, 3.05) is 25.0 Å². The topological polar surface area (TPSA) is 32.3 Å². The van der Waals surface area contributed by atoms with E-state index in [9.17, 15) is 18.0 Å². The summed E-state index contributed by atoms with van der Waals surface area (Å²) in [4.78, 5) is 13.4. The fourth-order valence-electron chi connectivity index (χ4n) is 2.64. The van der Waals surface area contributed by atoms with Crippen LogP contribution in [0.5, 0.6) is 0 Å². The van der Waals surface area contributed by atoms with Crippen LogP contribution in [0.2, 0.25) is 0 Å². The van der Waals surface area contributed by atoms with Gasteiger partial charge in [-0.1, -0.05) is 18.2 Å². The van der Waals surface area contributed by atoms with Crippen LogP contribution in [0.4, 0.5) is 18.9 Å². The third-order valence-corrected chi connectivity index (χ3v) is 3.59. The highest BCUT2D eigenvalue weighted by Crippen LogP contribution is 2.41. The first-order valence-corrected chi connectivity index (χ1v) is 6.64. The molecule has 1 unspecified atom stereocenters. The quantitative estimate of drug-likeness (QED) is 0.684. The van der Waals surface area contributed by atoms with Gasteiger partial charge in [-0.3, -0.25) is 4.79 Å². The van der Waals surface area contributed by atoms with Crippen LogP contribution >= 0.6 is 0 Å². The SMILES string of the molecule is C=CCNCC1Cc2cccc(C(F)(F)F)c2N(C)C1=O. The lowest BCUT2D eigenvalue weighted by Crippen LogP contribution is -2.44. The molecule has 6 heteroatoms. The molecule has 0 saturated heterocycles. The van der Waals surface area contributed by atoms with E-state index < -0.39 is 11.7 Å². The number of nitrogens with one attached hydrogen (secondary N) is 1. The summed E-state index contributed by atoms with van der Waals surface area (Å²) in [5.41, 5.74) is -0.222. The molecule has 1 heterocycles. The molecule has 114 valence electrons. The number of anilines is 1. The molecule has 0 aromatic heterocycles. The van der Waals surface area contributed by atoms with Crippen LogP contribution in [0.1, 0.15) is 11.1 Å². The molecule has 21 heavy (non-hydrogen) atoms. The van der Waals surface area contributed by atoms with Crippen molar-refractivity contribution in [3.8, 4) is 0 Å². The Morgan fingerprint density at radius 3 is 2.81 bits per heavy atom. The summed E-state index contributed by atoms with van der Waals surface area (Å²) < 4.78 is 39.2. The van der Waals surface area contributed by atoms with Gasteiger partial charge in [0.05, 0.1) is 17.2 Å². The number of hydrogen-bond donors (Lipinski definition) is 1. The van der Waals surface area contributed by atoms with Gasteiger partial charge in [0.25, 0.3) is 0 Å². The number of carbonyl (C=O) groups excluding carboxylic acids is 1. The number of halogens is 3. The van der Waals surface area contributed by atoms with Crippen molar-refractivity contribution in [3.63, 3.8) is 0 Å². The van der Waals surface area contributed by atoms with Gasteiger partial charge in [-0.05, 0) is 18.1 Å². The maximum absolute atomic E-state index is 13.1. The summed E-state index contributed by atoms with van der Waals surface area (Å²) in [5.74, 6) is -0.651. The zero-order chi connectivity index (χ0) is 15.6. The second kappa shape index (κ2) is 5.89. The predicted octanol–water partition coefficient (Wildman–Crippen LogP) is 2.62. The highest BCUT2D eigenvalue weighted by Gasteiger charge is 2.40. The molecule has 0 bridgehead atoms. The Labute approximate surface area is 121 Å². The van der Waals surface area contributed by atoms with Gasteiger partial charge in [-0.25, -0.2) is 0 Å². The molecule has 1 aromatic carbocycles. The summed E-state index contributed by atoms with van der Waals surface area (Å²) >= 11 is 0. The maximum atomic E-state index is 13.1. The fraction of sp³-hybridized carbons (Fsp3) is 0.400. The number of alkyl halides is 3. The molecule has 1 atom stereocenters. The van der Waals surface area contributed by atoms with Crippen molar-refractivity contribution >= 4 is 11.6 Å². The molecule has 0 radical (unpaired) electrons. The Morgan fingerprint density at radius 2 is 2.19 bits per heavy atom. The van der Waals surface area contributed by atoms with Gasteiger partial charge in [0, 0.05) is 20.1 Å². The third-order valence-electron chi connectivity index (χ3n) is 3.59. The number of rotatable bonds is 4. The van der Waals surface area contributed by atoms with E-state index in [-0.39, 0.29) is 17.5 Å². The van der Waals surface area contributed by atoms with Crippen LogP contribution in [-0.2, 0) is 17.4 Å². The minimum atomic E-state index is -4.46. The first-order chi connectivity index (χ1) is 9.86. The number of nitrogens with zero attached hydrogens (tertiary/aromatic N) is 1. The lowest BCUT2D eigenvalue weighted by Gasteiger charge is -2.33. The van der Waals surface area contributed by atoms with Crippen molar-refractivity contribution in [2.24, 2.45) is 5.92 Å². The number of hydrogen-bond acceptors (Lipinski definition) is 2. The van der Waals surface area contributed by atoms with Crippen molar-refractivity contribution in [1.82, 2.24) is 5.32 Å². The lowest BCUT2D eigenvalue weighted by molar-refractivity contribution is -0.137. The Balaban J connectivity index is 2.33. The van der Waals surface area contributed by atoms with Crippen LogP contribution in [0.25, 0.3) is 0 Å². The van der Waals surface area contributed by atoms with Gasteiger partial charge in [-0.15, -0.1) is 6.58 Å². The lowest BCUT2D eigenvalue weighted by atomic mass is 9.89. The molecule has 2 rings (SSSR count). The van der Waals surface area contributed by atoms with E-state index in [1.165, 1.54) is 13.1 Å². The zero-order valence-electron chi connectivity index (χ0n) is 11.7. The van der Waals surface area contributed by atoms with Crippen LogP contribution < -0.4 is 10.2 Å². The molecule has 1 amide bonds. The van der Waals surface area contributed by atoms with Gasteiger partial charge in [0.15, 0.2) is 0 Å². The normalized spacial score (nSPS) is 18.6. The average Bonchev–Trinajstić information content (AvgIpc) is 2.42. The van der Waals surface area contributed by atoms with Crippen molar-refractivity contribution in [3.05, 3.63) is 42.0 Å². The Hall–Kier alpha value is -1.82. The van der Waals surface area contributed by atoms with Gasteiger partial charge in [0.2, 0.25) is 5.91 Å². The monoisotopic (exact) mass is 298 g/mol. The minimum Gasteiger partial charge on any atom is -0.314 e. The molecule has 0 fully saturated rings. The van der Waals surface area contributed by atoms with Gasteiger partial charge in [0.1, 0.15) is 0 Å². The fourth-order valence-corrected chi connectivity index (χ4v) is 2.64. The Bertz CT molecular complexity index is 554. The van der Waals surface area contributed by atoms with Gasteiger partial charge < -0.3 is 10.2 Å². The summed E-state index contributed by atoms with van der Waals surface area (Å²) in [6.07, 6.45) is -2.48. The number of carbonyl (C=O) groups is 1. The first-order valence-electron chi connectivity index (χ1n) is 6.64. The van der Waals surface area contributed by atoms with Gasteiger partial charge in [-0.2, -0.15) is 13.2 Å². The summed E-state index contributed by atoms with van der Waals surface area (Å²) in [6, 6.07) is 4.05. The number of benzene rings is 1. The van der Waals surface area contributed by atoms with Gasteiger partial charge >= 0.3 is 6.18 Å². The van der Waals surface area contributed by atoms with E-state index in [4.69, 9.17) is 0 Å². The van der Waals surface area contributed by atoms with E-state index in [1.807, 2.05) is 0 Å². The number of amides is 1. The van der Waals surface area contributed by atoms with E-state index in [0.29, 0.717) is 25.1 Å². The molecule has 1 aromatic rings. The number of para-hydroxylation sites is 1.